The Bertz CT molecular complexity index is 383. The molecule has 0 bridgehead atoms. The molecule has 0 radical (unpaired) electrons. The Morgan fingerprint density at radius 2 is 2.25 bits per heavy atom. The van der Waals surface area contributed by atoms with E-state index in [4.69, 9.17) is 17.3 Å². The first-order chi connectivity index (χ1) is 7.58. The van der Waals surface area contributed by atoms with E-state index in [9.17, 15) is 0 Å². The van der Waals surface area contributed by atoms with Crippen LogP contribution in [0.4, 0.5) is 11.8 Å². The van der Waals surface area contributed by atoms with E-state index >= 15 is 0 Å². The molecule has 0 aromatic carbocycles. The van der Waals surface area contributed by atoms with Gasteiger partial charge in [0.2, 0.25) is 5.95 Å². The van der Waals surface area contributed by atoms with Gasteiger partial charge in [0.1, 0.15) is 5.02 Å². The van der Waals surface area contributed by atoms with E-state index in [1.54, 1.807) is 6.20 Å². The first-order valence-corrected chi connectivity index (χ1v) is 5.69. The van der Waals surface area contributed by atoms with E-state index < -0.39 is 0 Å². The van der Waals surface area contributed by atoms with Crippen molar-refractivity contribution in [2.24, 2.45) is 0 Å². The third-order valence-corrected chi connectivity index (χ3v) is 3.27. The van der Waals surface area contributed by atoms with Gasteiger partial charge in [-0.3, -0.25) is 0 Å². The molecule has 1 aromatic heterocycles. The summed E-state index contributed by atoms with van der Waals surface area (Å²) < 4.78 is 0. The quantitative estimate of drug-likeness (QED) is 0.790. The Hall–Kier alpha value is -1.07. The smallest absolute Gasteiger partial charge is 0.222 e. The normalized spacial score (nSPS) is 22.4. The fourth-order valence-corrected chi connectivity index (χ4v) is 2.04. The van der Waals surface area contributed by atoms with Crippen LogP contribution >= 0.6 is 11.6 Å². The number of aromatic nitrogens is 2. The summed E-state index contributed by atoms with van der Waals surface area (Å²) in [6.07, 6.45) is 1.56. The Labute approximate surface area is 100 Å². The second-order valence-corrected chi connectivity index (χ2v) is 4.58. The van der Waals surface area contributed by atoms with E-state index in [2.05, 4.69) is 33.7 Å². The Kier molecular flexibility index (Phi) is 3.16. The predicted molar refractivity (Wildman–Crippen MR) is 65.8 cm³/mol. The third kappa shape index (κ3) is 2.20. The Morgan fingerprint density at radius 1 is 1.50 bits per heavy atom. The highest BCUT2D eigenvalue weighted by Gasteiger charge is 2.23. The maximum Gasteiger partial charge on any atom is 0.222 e. The molecule has 0 aliphatic carbocycles. The molecule has 1 atom stereocenters. The highest BCUT2D eigenvalue weighted by Crippen LogP contribution is 2.24. The van der Waals surface area contributed by atoms with Crippen LogP contribution < -0.4 is 10.6 Å². The number of nitrogens with zero attached hydrogens (tertiary/aromatic N) is 4. The molecule has 1 aliphatic heterocycles. The number of hydrogen-bond acceptors (Lipinski definition) is 5. The lowest BCUT2D eigenvalue weighted by molar-refractivity contribution is 0.233. The van der Waals surface area contributed by atoms with Gasteiger partial charge in [0.25, 0.3) is 0 Å². The molecule has 88 valence electrons. The fourth-order valence-electron chi connectivity index (χ4n) is 1.83. The van der Waals surface area contributed by atoms with E-state index in [1.165, 1.54) is 0 Å². The van der Waals surface area contributed by atoms with Crippen LogP contribution in [0.25, 0.3) is 0 Å². The number of hydrogen-bond donors (Lipinski definition) is 1. The highest BCUT2D eigenvalue weighted by molar-refractivity contribution is 6.32. The molecule has 1 aromatic rings. The topological polar surface area (TPSA) is 58.3 Å². The van der Waals surface area contributed by atoms with E-state index in [-0.39, 0.29) is 5.95 Å². The molecule has 6 heteroatoms. The first-order valence-electron chi connectivity index (χ1n) is 5.31. The number of rotatable bonds is 1. The molecule has 1 fully saturated rings. The van der Waals surface area contributed by atoms with E-state index in [1.807, 2.05) is 0 Å². The average Bonchev–Trinajstić information content (AvgIpc) is 2.26. The molecular weight excluding hydrogens is 226 g/mol. The van der Waals surface area contributed by atoms with Gasteiger partial charge in [-0.2, -0.15) is 4.98 Å². The van der Waals surface area contributed by atoms with E-state index in [0.29, 0.717) is 11.1 Å². The summed E-state index contributed by atoms with van der Waals surface area (Å²) in [4.78, 5) is 12.5. The predicted octanol–water partition coefficient (Wildman–Crippen LogP) is 0.852. The number of nitrogens with two attached hydrogens (primary N) is 1. The number of nitrogen functional groups attached to an aromatic ring is 1. The van der Waals surface area contributed by atoms with Crippen molar-refractivity contribution in [3.8, 4) is 0 Å². The number of halogens is 1. The Balaban J connectivity index is 2.21. The summed E-state index contributed by atoms with van der Waals surface area (Å²) in [5.74, 6) is 1.01. The van der Waals surface area contributed by atoms with Gasteiger partial charge in [-0.25, -0.2) is 4.98 Å². The number of piperazine rings is 1. The van der Waals surface area contributed by atoms with Crippen molar-refractivity contribution in [2.45, 2.75) is 13.0 Å². The van der Waals surface area contributed by atoms with Crippen LogP contribution in [0.1, 0.15) is 6.92 Å². The van der Waals surface area contributed by atoms with Crippen LogP contribution in [0.5, 0.6) is 0 Å². The summed E-state index contributed by atoms with van der Waals surface area (Å²) in [6, 6.07) is 0.487. The van der Waals surface area contributed by atoms with Crippen molar-refractivity contribution in [1.29, 1.82) is 0 Å². The minimum Gasteiger partial charge on any atom is -0.368 e. The molecule has 5 nitrogen and oxygen atoms in total. The molecule has 1 saturated heterocycles. The molecule has 0 spiro atoms. The van der Waals surface area contributed by atoms with Gasteiger partial charge < -0.3 is 15.5 Å². The second kappa shape index (κ2) is 4.43. The van der Waals surface area contributed by atoms with Gasteiger partial charge in [-0.1, -0.05) is 11.6 Å². The van der Waals surface area contributed by atoms with Crippen molar-refractivity contribution in [1.82, 2.24) is 14.9 Å². The summed E-state index contributed by atoms with van der Waals surface area (Å²) in [7, 11) is 2.12. The zero-order valence-corrected chi connectivity index (χ0v) is 10.3. The molecule has 2 heterocycles. The lowest BCUT2D eigenvalue weighted by atomic mass is 10.2. The van der Waals surface area contributed by atoms with Crippen molar-refractivity contribution in [3.05, 3.63) is 11.2 Å². The first kappa shape index (κ1) is 11.4. The summed E-state index contributed by atoms with van der Waals surface area (Å²) >= 11 is 6.08. The molecule has 0 saturated carbocycles. The average molecular weight is 242 g/mol. The third-order valence-electron chi connectivity index (χ3n) is 3.00. The van der Waals surface area contributed by atoms with Crippen LogP contribution in [-0.4, -0.2) is 47.6 Å². The standard InChI is InChI=1S/C10H16ClN5/c1-7-6-16(4-3-15(7)2)9-8(11)5-13-10(12)14-9/h5,7H,3-4,6H2,1-2H3,(H2,12,13,14). The Morgan fingerprint density at radius 3 is 2.94 bits per heavy atom. The van der Waals surface area contributed by atoms with E-state index in [0.717, 1.165) is 25.5 Å². The highest BCUT2D eigenvalue weighted by atomic mass is 35.5. The molecule has 2 N–H and O–H groups in total. The van der Waals surface area contributed by atoms with Gasteiger partial charge in [0, 0.05) is 25.7 Å². The van der Waals surface area contributed by atoms with Gasteiger partial charge in [0.05, 0.1) is 6.20 Å². The molecule has 2 rings (SSSR count). The number of anilines is 2. The lowest BCUT2D eigenvalue weighted by Gasteiger charge is -2.38. The van der Waals surface area contributed by atoms with Crippen molar-refractivity contribution in [3.63, 3.8) is 0 Å². The largest absolute Gasteiger partial charge is 0.368 e. The zero-order valence-electron chi connectivity index (χ0n) is 9.52. The van der Waals surface area contributed by atoms with Crippen molar-refractivity contribution in [2.75, 3.05) is 37.3 Å². The minimum absolute atomic E-state index is 0.269. The molecule has 0 amide bonds. The number of likely N-dealkylation sites (N-methyl/N-ethyl adjacent to an activating group) is 1. The van der Waals surface area contributed by atoms with Gasteiger partial charge in [0.15, 0.2) is 5.82 Å². The summed E-state index contributed by atoms with van der Waals surface area (Å²) in [5, 5.41) is 0.561. The summed E-state index contributed by atoms with van der Waals surface area (Å²) in [5.41, 5.74) is 5.58. The van der Waals surface area contributed by atoms with Gasteiger partial charge in [-0.05, 0) is 14.0 Å². The second-order valence-electron chi connectivity index (χ2n) is 4.18. The monoisotopic (exact) mass is 241 g/mol. The van der Waals surface area contributed by atoms with Crippen LogP contribution in [0.15, 0.2) is 6.20 Å². The fraction of sp³-hybridized carbons (Fsp3) is 0.600. The maximum atomic E-state index is 6.08. The van der Waals surface area contributed by atoms with Gasteiger partial charge >= 0.3 is 0 Å². The van der Waals surface area contributed by atoms with Gasteiger partial charge in [-0.15, -0.1) is 0 Å². The molecule has 16 heavy (non-hydrogen) atoms. The SMILES string of the molecule is CC1CN(c2nc(N)ncc2Cl)CCN1C. The molecular formula is C10H16ClN5. The summed E-state index contributed by atoms with van der Waals surface area (Å²) in [6.45, 7) is 5.01. The zero-order chi connectivity index (χ0) is 11.7. The maximum absolute atomic E-state index is 6.08. The molecule has 1 unspecified atom stereocenters. The molecule has 1 aliphatic rings. The van der Waals surface area contributed by atoms with Crippen LogP contribution in [0.3, 0.4) is 0 Å². The van der Waals surface area contributed by atoms with Crippen molar-refractivity contribution < 1.29 is 0 Å². The minimum atomic E-state index is 0.269. The van der Waals surface area contributed by atoms with Crippen LogP contribution in [0.2, 0.25) is 5.02 Å². The lowest BCUT2D eigenvalue weighted by Crippen LogP contribution is -2.50. The van der Waals surface area contributed by atoms with Crippen LogP contribution in [-0.2, 0) is 0 Å². The van der Waals surface area contributed by atoms with Crippen LogP contribution in [0, 0.1) is 0 Å². The van der Waals surface area contributed by atoms with Crippen molar-refractivity contribution >= 4 is 23.4 Å².